The van der Waals surface area contributed by atoms with Crippen molar-refractivity contribution in [2.45, 2.75) is 19.9 Å². The summed E-state index contributed by atoms with van der Waals surface area (Å²) in [6.07, 6.45) is 0.881. The molecule has 4 heteroatoms. The summed E-state index contributed by atoms with van der Waals surface area (Å²) >= 11 is 0. The second kappa shape index (κ2) is 4.90. The number of nitrogens with one attached hydrogen (secondary N) is 1. The van der Waals surface area contributed by atoms with Crippen molar-refractivity contribution in [3.05, 3.63) is 42.0 Å². The van der Waals surface area contributed by atoms with E-state index in [0.29, 0.717) is 6.54 Å². The van der Waals surface area contributed by atoms with Crippen LogP contribution >= 0.6 is 0 Å². The largest absolute Gasteiger partial charge is 0.313 e. The molecule has 4 nitrogen and oxygen atoms in total. The standard InChI is InChI=1S/C12H16N4/c1-3-12-14-11(9-13-2)15-16(12)10-7-5-4-6-8-10/h4-8,13H,3,9H2,1-2H3. The Morgan fingerprint density at radius 1 is 1.25 bits per heavy atom. The third kappa shape index (κ3) is 2.12. The molecule has 1 heterocycles. The van der Waals surface area contributed by atoms with Crippen molar-refractivity contribution in [1.29, 1.82) is 0 Å². The zero-order valence-corrected chi connectivity index (χ0v) is 9.64. The Morgan fingerprint density at radius 3 is 2.62 bits per heavy atom. The van der Waals surface area contributed by atoms with Gasteiger partial charge in [0, 0.05) is 6.42 Å². The first-order chi connectivity index (χ1) is 7.85. The summed E-state index contributed by atoms with van der Waals surface area (Å²) in [6, 6.07) is 10.1. The molecule has 0 bridgehead atoms. The van der Waals surface area contributed by atoms with Crippen LogP contribution < -0.4 is 5.32 Å². The lowest BCUT2D eigenvalue weighted by atomic mass is 10.3. The number of aromatic nitrogens is 3. The predicted octanol–water partition coefficient (Wildman–Crippen LogP) is 1.55. The number of hydrogen-bond donors (Lipinski definition) is 1. The van der Waals surface area contributed by atoms with Crippen LogP contribution in [-0.2, 0) is 13.0 Å². The molecule has 0 unspecified atom stereocenters. The molecule has 0 aliphatic rings. The van der Waals surface area contributed by atoms with Crippen LogP contribution in [0.3, 0.4) is 0 Å². The van der Waals surface area contributed by atoms with Crippen LogP contribution in [0.15, 0.2) is 30.3 Å². The maximum Gasteiger partial charge on any atom is 0.165 e. The van der Waals surface area contributed by atoms with Crippen molar-refractivity contribution >= 4 is 0 Å². The van der Waals surface area contributed by atoms with E-state index in [-0.39, 0.29) is 0 Å². The molecule has 0 saturated heterocycles. The van der Waals surface area contributed by atoms with E-state index >= 15 is 0 Å². The minimum atomic E-state index is 0.701. The highest BCUT2D eigenvalue weighted by atomic mass is 15.4. The first-order valence-corrected chi connectivity index (χ1v) is 5.50. The van der Waals surface area contributed by atoms with Gasteiger partial charge in [-0.1, -0.05) is 25.1 Å². The van der Waals surface area contributed by atoms with Crippen LogP contribution in [0, 0.1) is 0 Å². The molecule has 0 saturated carbocycles. The van der Waals surface area contributed by atoms with Gasteiger partial charge in [-0.2, -0.15) is 0 Å². The summed E-state index contributed by atoms with van der Waals surface area (Å²) in [5, 5.41) is 7.55. The van der Waals surface area contributed by atoms with Gasteiger partial charge in [0.2, 0.25) is 0 Å². The highest BCUT2D eigenvalue weighted by Gasteiger charge is 2.08. The molecule has 0 fully saturated rings. The van der Waals surface area contributed by atoms with Crippen LogP contribution in [-0.4, -0.2) is 21.8 Å². The van der Waals surface area contributed by atoms with E-state index in [1.54, 1.807) is 0 Å². The highest BCUT2D eigenvalue weighted by Crippen LogP contribution is 2.09. The van der Waals surface area contributed by atoms with Crippen LogP contribution in [0.1, 0.15) is 18.6 Å². The fourth-order valence-corrected chi connectivity index (χ4v) is 1.63. The smallest absolute Gasteiger partial charge is 0.165 e. The SMILES string of the molecule is CCc1nc(CNC)nn1-c1ccccc1. The number of rotatable bonds is 4. The van der Waals surface area contributed by atoms with E-state index in [0.717, 1.165) is 23.8 Å². The Balaban J connectivity index is 2.39. The summed E-state index contributed by atoms with van der Waals surface area (Å²) < 4.78 is 1.91. The average Bonchev–Trinajstić information content (AvgIpc) is 2.74. The molecule has 0 radical (unpaired) electrons. The summed E-state index contributed by atoms with van der Waals surface area (Å²) in [5.74, 6) is 1.83. The number of nitrogens with zero attached hydrogens (tertiary/aromatic N) is 3. The van der Waals surface area contributed by atoms with E-state index in [1.165, 1.54) is 0 Å². The van der Waals surface area contributed by atoms with Crippen LogP contribution in [0.4, 0.5) is 0 Å². The van der Waals surface area contributed by atoms with E-state index in [9.17, 15) is 0 Å². The van der Waals surface area contributed by atoms with E-state index < -0.39 is 0 Å². The molecular weight excluding hydrogens is 200 g/mol. The predicted molar refractivity (Wildman–Crippen MR) is 63.5 cm³/mol. The van der Waals surface area contributed by atoms with Crippen molar-refractivity contribution in [2.24, 2.45) is 0 Å². The van der Waals surface area contributed by atoms with Crippen molar-refractivity contribution in [3.63, 3.8) is 0 Å². The highest BCUT2D eigenvalue weighted by molar-refractivity contribution is 5.31. The lowest BCUT2D eigenvalue weighted by Gasteiger charge is -2.02. The normalized spacial score (nSPS) is 10.6. The second-order valence-corrected chi connectivity index (χ2v) is 3.58. The molecule has 16 heavy (non-hydrogen) atoms. The molecule has 0 atom stereocenters. The van der Waals surface area contributed by atoms with E-state index in [4.69, 9.17) is 0 Å². The topological polar surface area (TPSA) is 42.7 Å². The minimum Gasteiger partial charge on any atom is -0.313 e. The quantitative estimate of drug-likeness (QED) is 0.843. The third-order valence-electron chi connectivity index (χ3n) is 2.37. The van der Waals surface area contributed by atoms with Crippen LogP contribution in [0.2, 0.25) is 0 Å². The summed E-state index contributed by atoms with van der Waals surface area (Å²) in [6.45, 7) is 2.79. The number of aryl methyl sites for hydroxylation is 1. The van der Waals surface area contributed by atoms with Gasteiger partial charge in [0.1, 0.15) is 5.82 Å². The van der Waals surface area contributed by atoms with Gasteiger partial charge >= 0.3 is 0 Å². The Morgan fingerprint density at radius 2 is 2.00 bits per heavy atom. The first kappa shape index (κ1) is 10.8. The second-order valence-electron chi connectivity index (χ2n) is 3.58. The van der Waals surface area contributed by atoms with E-state index in [1.807, 2.05) is 42.1 Å². The Hall–Kier alpha value is -1.68. The molecule has 2 rings (SSSR count). The van der Waals surface area contributed by atoms with E-state index in [2.05, 4.69) is 22.3 Å². The maximum atomic E-state index is 4.48. The van der Waals surface area contributed by atoms with Crippen LogP contribution in [0.25, 0.3) is 5.69 Å². The zero-order chi connectivity index (χ0) is 11.4. The molecule has 0 aliphatic heterocycles. The number of para-hydroxylation sites is 1. The van der Waals surface area contributed by atoms with Crippen molar-refractivity contribution in [3.8, 4) is 5.69 Å². The fourth-order valence-electron chi connectivity index (χ4n) is 1.63. The lowest BCUT2D eigenvalue weighted by molar-refractivity contribution is 0.740. The average molecular weight is 216 g/mol. The molecule has 2 aromatic rings. The van der Waals surface area contributed by atoms with Gasteiger partial charge in [0.15, 0.2) is 5.82 Å². The Labute approximate surface area is 95.3 Å². The maximum absolute atomic E-state index is 4.48. The summed E-state index contributed by atoms with van der Waals surface area (Å²) in [5.41, 5.74) is 1.06. The van der Waals surface area contributed by atoms with Crippen LogP contribution in [0.5, 0.6) is 0 Å². The van der Waals surface area contributed by atoms with Crippen molar-refractivity contribution in [2.75, 3.05) is 7.05 Å². The summed E-state index contributed by atoms with van der Waals surface area (Å²) in [4.78, 5) is 4.48. The monoisotopic (exact) mass is 216 g/mol. The molecule has 84 valence electrons. The molecular formula is C12H16N4. The lowest BCUT2D eigenvalue weighted by Crippen LogP contribution is -2.07. The molecule has 0 amide bonds. The van der Waals surface area contributed by atoms with Crippen molar-refractivity contribution < 1.29 is 0 Å². The van der Waals surface area contributed by atoms with Gasteiger partial charge in [-0.25, -0.2) is 9.67 Å². The van der Waals surface area contributed by atoms with Gasteiger partial charge < -0.3 is 5.32 Å². The number of hydrogen-bond acceptors (Lipinski definition) is 3. The minimum absolute atomic E-state index is 0.701. The van der Waals surface area contributed by atoms with Crippen molar-refractivity contribution in [1.82, 2.24) is 20.1 Å². The fraction of sp³-hybridized carbons (Fsp3) is 0.333. The molecule has 1 aromatic carbocycles. The van der Waals surface area contributed by atoms with Gasteiger partial charge in [0.25, 0.3) is 0 Å². The molecule has 1 N–H and O–H groups in total. The number of benzene rings is 1. The third-order valence-corrected chi connectivity index (χ3v) is 2.37. The summed E-state index contributed by atoms with van der Waals surface area (Å²) in [7, 11) is 1.90. The molecule has 0 spiro atoms. The molecule has 1 aromatic heterocycles. The Bertz CT molecular complexity index is 447. The molecule has 0 aliphatic carbocycles. The zero-order valence-electron chi connectivity index (χ0n) is 9.64. The first-order valence-electron chi connectivity index (χ1n) is 5.50. The Kier molecular flexibility index (Phi) is 3.31. The van der Waals surface area contributed by atoms with Gasteiger partial charge in [-0.15, -0.1) is 5.10 Å². The van der Waals surface area contributed by atoms with Gasteiger partial charge in [-0.3, -0.25) is 0 Å². The van der Waals surface area contributed by atoms with Gasteiger partial charge in [0.05, 0.1) is 12.2 Å². The van der Waals surface area contributed by atoms with Gasteiger partial charge in [-0.05, 0) is 19.2 Å².